The predicted octanol–water partition coefficient (Wildman–Crippen LogP) is 4.72. The number of aromatic nitrogens is 1. The smallest absolute Gasteiger partial charge is 0.265 e. The number of hydrogen-bond acceptors (Lipinski definition) is 5. The maximum absolute atomic E-state index is 13.0. The van der Waals surface area contributed by atoms with E-state index < -0.39 is 0 Å². The number of hydrogen-bond donors (Lipinski definition) is 0. The highest BCUT2D eigenvalue weighted by Gasteiger charge is 2.20. The predicted molar refractivity (Wildman–Crippen MR) is 112 cm³/mol. The van der Waals surface area contributed by atoms with Crippen LogP contribution in [0.4, 0.5) is 0 Å². The van der Waals surface area contributed by atoms with Crippen molar-refractivity contribution in [1.29, 1.82) is 0 Å². The molecule has 0 spiro atoms. The molecular weight excluding hydrogens is 372 g/mol. The van der Waals surface area contributed by atoms with Crippen molar-refractivity contribution in [2.24, 2.45) is 0 Å². The highest BCUT2D eigenvalue weighted by Crippen LogP contribution is 2.35. The highest BCUT2D eigenvalue weighted by atomic mass is 32.1. The lowest BCUT2D eigenvalue weighted by Gasteiger charge is -2.18. The monoisotopic (exact) mass is 396 g/mol. The van der Waals surface area contributed by atoms with Gasteiger partial charge in [-0.25, -0.2) is 4.98 Å². The van der Waals surface area contributed by atoms with E-state index in [0.29, 0.717) is 22.9 Å². The van der Waals surface area contributed by atoms with Gasteiger partial charge < -0.3 is 14.4 Å². The van der Waals surface area contributed by atoms with E-state index in [1.807, 2.05) is 50.4 Å². The zero-order valence-corrected chi connectivity index (χ0v) is 17.6. The van der Waals surface area contributed by atoms with Crippen LogP contribution in [-0.4, -0.2) is 37.1 Å². The van der Waals surface area contributed by atoms with Crippen LogP contribution >= 0.6 is 11.3 Å². The molecule has 0 saturated carbocycles. The summed E-state index contributed by atoms with van der Waals surface area (Å²) in [5, 5.41) is 0.783. The Balaban J connectivity index is 1.85. The lowest BCUT2D eigenvalue weighted by Crippen LogP contribution is -2.26. The molecule has 146 valence electrons. The van der Waals surface area contributed by atoms with Gasteiger partial charge in [-0.2, -0.15) is 0 Å². The fourth-order valence-electron chi connectivity index (χ4n) is 2.98. The van der Waals surface area contributed by atoms with Crippen molar-refractivity contribution in [3.63, 3.8) is 0 Å². The molecule has 0 aliphatic carbocycles. The first-order valence-corrected chi connectivity index (χ1v) is 9.76. The van der Waals surface area contributed by atoms with E-state index in [9.17, 15) is 4.79 Å². The van der Waals surface area contributed by atoms with Crippen LogP contribution in [0, 0.1) is 13.8 Å². The van der Waals surface area contributed by atoms with Gasteiger partial charge in [0.1, 0.15) is 9.88 Å². The summed E-state index contributed by atoms with van der Waals surface area (Å²) in [5.74, 6) is 1.27. The number of aryl methyl sites for hydroxylation is 2. The first-order chi connectivity index (χ1) is 13.4. The van der Waals surface area contributed by atoms with Gasteiger partial charge in [0.2, 0.25) is 0 Å². The van der Waals surface area contributed by atoms with E-state index in [2.05, 4.69) is 18.0 Å². The number of benzene rings is 2. The summed E-state index contributed by atoms with van der Waals surface area (Å²) >= 11 is 1.40. The number of amides is 1. The van der Waals surface area contributed by atoms with Gasteiger partial charge in [0.25, 0.3) is 5.91 Å². The Hall–Kier alpha value is -2.86. The second kappa shape index (κ2) is 8.44. The van der Waals surface area contributed by atoms with Gasteiger partial charge in [0.05, 0.1) is 19.9 Å². The number of carbonyl (C=O) groups is 1. The van der Waals surface area contributed by atoms with E-state index in [1.54, 1.807) is 19.1 Å². The van der Waals surface area contributed by atoms with E-state index in [4.69, 9.17) is 9.47 Å². The van der Waals surface area contributed by atoms with E-state index in [0.717, 1.165) is 21.8 Å². The average Bonchev–Trinajstić information content (AvgIpc) is 3.10. The Morgan fingerprint density at radius 1 is 1.07 bits per heavy atom. The van der Waals surface area contributed by atoms with Crippen molar-refractivity contribution in [3.05, 3.63) is 64.2 Å². The second-order valence-corrected chi connectivity index (χ2v) is 7.59. The van der Waals surface area contributed by atoms with Crippen LogP contribution in [0.1, 0.15) is 26.5 Å². The number of rotatable bonds is 6. The minimum Gasteiger partial charge on any atom is -0.493 e. The zero-order chi connectivity index (χ0) is 20.3. The van der Waals surface area contributed by atoms with Gasteiger partial charge >= 0.3 is 0 Å². The molecule has 6 heteroatoms. The summed E-state index contributed by atoms with van der Waals surface area (Å²) in [5.41, 5.74) is 3.94. The number of ether oxygens (including phenoxy) is 2. The molecule has 1 aromatic heterocycles. The van der Waals surface area contributed by atoms with Crippen molar-refractivity contribution < 1.29 is 14.3 Å². The molecule has 0 bridgehead atoms. The summed E-state index contributed by atoms with van der Waals surface area (Å²) in [6.07, 6.45) is 0. The SMILES string of the molecule is COc1ccc(-c2nc(C)c(C(=O)N(C)Cc3ccccc3C)s2)cc1OC. The van der Waals surface area contributed by atoms with Crippen LogP contribution in [0.25, 0.3) is 10.6 Å². The molecule has 0 saturated heterocycles. The van der Waals surface area contributed by atoms with Crippen LogP contribution in [0.5, 0.6) is 11.5 Å². The van der Waals surface area contributed by atoms with Gasteiger partial charge in [-0.3, -0.25) is 4.79 Å². The molecule has 2 aromatic carbocycles. The molecule has 0 fully saturated rings. The molecule has 1 amide bonds. The molecule has 3 rings (SSSR count). The Morgan fingerprint density at radius 3 is 2.46 bits per heavy atom. The normalized spacial score (nSPS) is 10.6. The van der Waals surface area contributed by atoms with Gasteiger partial charge in [-0.1, -0.05) is 24.3 Å². The maximum atomic E-state index is 13.0. The topological polar surface area (TPSA) is 51.7 Å². The van der Waals surface area contributed by atoms with Crippen molar-refractivity contribution in [2.75, 3.05) is 21.3 Å². The van der Waals surface area contributed by atoms with Gasteiger partial charge in [0.15, 0.2) is 11.5 Å². The Labute approximate surface area is 169 Å². The number of methoxy groups -OCH3 is 2. The number of carbonyl (C=O) groups excluding carboxylic acids is 1. The van der Waals surface area contributed by atoms with Gasteiger partial charge in [-0.15, -0.1) is 11.3 Å². The second-order valence-electron chi connectivity index (χ2n) is 6.59. The van der Waals surface area contributed by atoms with Gasteiger partial charge in [0, 0.05) is 19.2 Å². The highest BCUT2D eigenvalue weighted by molar-refractivity contribution is 7.17. The average molecular weight is 397 g/mol. The third kappa shape index (κ3) is 4.02. The summed E-state index contributed by atoms with van der Waals surface area (Å²) in [6, 6.07) is 13.7. The lowest BCUT2D eigenvalue weighted by atomic mass is 10.1. The first kappa shape index (κ1) is 19.9. The minimum atomic E-state index is -0.0232. The maximum Gasteiger partial charge on any atom is 0.265 e. The molecule has 0 unspecified atom stereocenters. The first-order valence-electron chi connectivity index (χ1n) is 8.94. The summed E-state index contributed by atoms with van der Waals surface area (Å²) in [6.45, 7) is 4.49. The molecule has 5 nitrogen and oxygen atoms in total. The molecule has 0 radical (unpaired) electrons. The summed E-state index contributed by atoms with van der Waals surface area (Å²) in [7, 11) is 5.03. The third-order valence-corrected chi connectivity index (χ3v) is 5.83. The molecule has 0 atom stereocenters. The lowest BCUT2D eigenvalue weighted by molar-refractivity contribution is 0.0789. The van der Waals surface area contributed by atoms with E-state index in [-0.39, 0.29) is 5.91 Å². The van der Waals surface area contributed by atoms with Crippen LogP contribution in [0.15, 0.2) is 42.5 Å². The van der Waals surface area contributed by atoms with Crippen LogP contribution < -0.4 is 9.47 Å². The molecule has 0 N–H and O–H groups in total. The van der Waals surface area contributed by atoms with E-state index >= 15 is 0 Å². The minimum absolute atomic E-state index is 0.0232. The quantitative estimate of drug-likeness (QED) is 0.605. The standard InChI is InChI=1S/C22H24N2O3S/c1-14-8-6-7-9-17(14)13-24(3)22(25)20-15(2)23-21(28-20)16-10-11-18(26-4)19(12-16)27-5/h6-12H,13H2,1-5H3. The van der Waals surface area contributed by atoms with Crippen LogP contribution in [0.3, 0.4) is 0 Å². The van der Waals surface area contributed by atoms with Gasteiger partial charge in [-0.05, 0) is 43.2 Å². The third-order valence-electron chi connectivity index (χ3n) is 4.64. The molecular formula is C22H24N2O3S. The Kier molecular flexibility index (Phi) is 5.99. The largest absolute Gasteiger partial charge is 0.493 e. The summed E-state index contributed by atoms with van der Waals surface area (Å²) < 4.78 is 10.7. The Bertz CT molecular complexity index is 997. The van der Waals surface area contributed by atoms with Crippen LogP contribution in [-0.2, 0) is 6.54 Å². The molecule has 0 aliphatic heterocycles. The number of nitrogens with zero attached hydrogens (tertiary/aromatic N) is 2. The van der Waals surface area contributed by atoms with Crippen molar-refractivity contribution in [1.82, 2.24) is 9.88 Å². The van der Waals surface area contributed by atoms with Crippen molar-refractivity contribution in [2.45, 2.75) is 20.4 Å². The van der Waals surface area contributed by atoms with Crippen LogP contribution in [0.2, 0.25) is 0 Å². The Morgan fingerprint density at radius 2 is 1.79 bits per heavy atom. The summed E-state index contributed by atoms with van der Waals surface area (Å²) in [4.78, 5) is 20.0. The fraction of sp³-hybridized carbons (Fsp3) is 0.273. The molecule has 28 heavy (non-hydrogen) atoms. The zero-order valence-electron chi connectivity index (χ0n) is 16.8. The molecule has 1 heterocycles. The number of thiazole rings is 1. The molecule has 3 aromatic rings. The fourth-order valence-corrected chi connectivity index (χ4v) is 4.03. The van der Waals surface area contributed by atoms with E-state index in [1.165, 1.54) is 16.9 Å². The van der Waals surface area contributed by atoms with Crippen molar-refractivity contribution >= 4 is 17.2 Å². The van der Waals surface area contributed by atoms with Crippen molar-refractivity contribution in [3.8, 4) is 22.1 Å². The molecule has 0 aliphatic rings.